The Balaban J connectivity index is 1.34. The number of anilines is 1. The van der Waals surface area contributed by atoms with E-state index >= 15 is 0 Å². The number of rotatable bonds is 6. The molecular formula is C21H26N2O4. The first kappa shape index (κ1) is 18.0. The molecule has 4 bridgehead atoms. The molecule has 4 aliphatic rings. The fourth-order valence-corrected chi connectivity index (χ4v) is 5.67. The lowest BCUT2D eigenvalue weighted by Crippen LogP contribution is -2.49. The summed E-state index contributed by atoms with van der Waals surface area (Å²) >= 11 is 0. The van der Waals surface area contributed by atoms with E-state index in [0.29, 0.717) is 23.1 Å². The zero-order valence-electron chi connectivity index (χ0n) is 15.3. The van der Waals surface area contributed by atoms with Crippen LogP contribution in [0.3, 0.4) is 0 Å². The molecule has 0 spiro atoms. The number of nitrogens with one attached hydrogen (secondary N) is 2. The van der Waals surface area contributed by atoms with Gasteiger partial charge < -0.3 is 15.7 Å². The lowest BCUT2D eigenvalue weighted by Gasteiger charge is -2.53. The van der Waals surface area contributed by atoms with Gasteiger partial charge >= 0.3 is 5.97 Å². The molecule has 4 aliphatic carbocycles. The minimum atomic E-state index is -0.946. The summed E-state index contributed by atoms with van der Waals surface area (Å²) in [4.78, 5) is 35.4. The van der Waals surface area contributed by atoms with Gasteiger partial charge in [0.1, 0.15) is 0 Å². The van der Waals surface area contributed by atoms with Crippen LogP contribution in [0.4, 0.5) is 5.69 Å². The average molecular weight is 370 g/mol. The van der Waals surface area contributed by atoms with Crippen molar-refractivity contribution in [2.45, 2.75) is 38.5 Å². The number of carboxylic acid groups (broad SMARTS) is 1. The number of hydrogen-bond donors (Lipinski definition) is 3. The van der Waals surface area contributed by atoms with Crippen LogP contribution in [-0.2, 0) is 9.59 Å². The van der Waals surface area contributed by atoms with E-state index in [1.165, 1.54) is 32.1 Å². The lowest BCUT2D eigenvalue weighted by atomic mass is 9.51. The van der Waals surface area contributed by atoms with E-state index in [1.807, 2.05) is 0 Å². The third-order valence-electron chi connectivity index (χ3n) is 6.57. The van der Waals surface area contributed by atoms with E-state index in [2.05, 4.69) is 10.6 Å². The predicted octanol–water partition coefficient (Wildman–Crippen LogP) is 2.90. The van der Waals surface area contributed by atoms with Crippen LogP contribution in [0.15, 0.2) is 24.3 Å². The molecule has 4 saturated carbocycles. The SMILES string of the molecule is O=C(O)CCNC(=O)c1ccc(NC(=O)C2C3CC4CC(C3)CC2C4)cc1. The van der Waals surface area contributed by atoms with Crippen LogP contribution in [0.2, 0.25) is 0 Å². The van der Waals surface area contributed by atoms with Crippen molar-refractivity contribution in [3.05, 3.63) is 29.8 Å². The number of benzene rings is 1. The Morgan fingerprint density at radius 3 is 2.07 bits per heavy atom. The van der Waals surface area contributed by atoms with Gasteiger partial charge in [0.25, 0.3) is 5.91 Å². The summed E-state index contributed by atoms with van der Waals surface area (Å²) in [6, 6.07) is 6.78. The third kappa shape index (κ3) is 3.84. The molecule has 3 N–H and O–H groups in total. The largest absolute Gasteiger partial charge is 0.481 e. The van der Waals surface area contributed by atoms with Crippen LogP contribution >= 0.6 is 0 Å². The van der Waals surface area contributed by atoms with Crippen LogP contribution in [0.25, 0.3) is 0 Å². The maximum atomic E-state index is 12.9. The minimum absolute atomic E-state index is 0.0963. The first-order valence-electron chi connectivity index (χ1n) is 9.90. The monoisotopic (exact) mass is 370 g/mol. The summed E-state index contributed by atoms with van der Waals surface area (Å²) in [6.45, 7) is 0.0963. The fourth-order valence-electron chi connectivity index (χ4n) is 5.67. The quantitative estimate of drug-likeness (QED) is 0.717. The fraction of sp³-hybridized carbons (Fsp3) is 0.571. The zero-order chi connectivity index (χ0) is 19.0. The third-order valence-corrected chi connectivity index (χ3v) is 6.57. The van der Waals surface area contributed by atoms with Gasteiger partial charge in [-0.1, -0.05) is 0 Å². The first-order chi connectivity index (χ1) is 13.0. The van der Waals surface area contributed by atoms with Crippen LogP contribution < -0.4 is 10.6 Å². The molecule has 4 fully saturated rings. The van der Waals surface area contributed by atoms with Gasteiger partial charge in [-0.15, -0.1) is 0 Å². The molecule has 0 heterocycles. The second-order valence-corrected chi connectivity index (χ2v) is 8.42. The van der Waals surface area contributed by atoms with Gasteiger partial charge in [0, 0.05) is 23.7 Å². The molecule has 0 aliphatic heterocycles. The number of amides is 2. The second-order valence-electron chi connectivity index (χ2n) is 8.42. The molecule has 0 radical (unpaired) electrons. The molecule has 5 rings (SSSR count). The van der Waals surface area contributed by atoms with Crippen molar-refractivity contribution in [1.29, 1.82) is 0 Å². The molecule has 2 amide bonds. The average Bonchev–Trinajstić information content (AvgIpc) is 2.61. The Labute approximate surface area is 158 Å². The van der Waals surface area contributed by atoms with Crippen LogP contribution in [0.5, 0.6) is 0 Å². The number of carbonyl (C=O) groups is 3. The van der Waals surface area contributed by atoms with Crippen LogP contribution in [0.1, 0.15) is 48.9 Å². The molecule has 0 saturated heterocycles. The van der Waals surface area contributed by atoms with Crippen molar-refractivity contribution >= 4 is 23.5 Å². The highest BCUT2D eigenvalue weighted by Crippen LogP contribution is 2.56. The lowest BCUT2D eigenvalue weighted by molar-refractivity contribution is -0.137. The topological polar surface area (TPSA) is 95.5 Å². The minimum Gasteiger partial charge on any atom is -0.481 e. The second kappa shape index (κ2) is 7.33. The van der Waals surface area contributed by atoms with Gasteiger partial charge in [-0.05, 0) is 80.0 Å². The van der Waals surface area contributed by atoms with Crippen molar-refractivity contribution in [2.24, 2.45) is 29.6 Å². The van der Waals surface area contributed by atoms with Gasteiger partial charge in [0.2, 0.25) is 5.91 Å². The van der Waals surface area contributed by atoms with E-state index in [4.69, 9.17) is 5.11 Å². The van der Waals surface area contributed by atoms with Crippen molar-refractivity contribution in [1.82, 2.24) is 5.32 Å². The van der Waals surface area contributed by atoms with Crippen LogP contribution in [0, 0.1) is 29.6 Å². The van der Waals surface area contributed by atoms with E-state index in [0.717, 1.165) is 11.8 Å². The van der Waals surface area contributed by atoms with Crippen LogP contribution in [-0.4, -0.2) is 29.4 Å². The Hall–Kier alpha value is -2.37. The van der Waals surface area contributed by atoms with Gasteiger partial charge in [-0.2, -0.15) is 0 Å². The summed E-state index contributed by atoms with van der Waals surface area (Å²) in [6.07, 6.45) is 6.10. The number of carboxylic acids is 1. The summed E-state index contributed by atoms with van der Waals surface area (Å²) in [5.74, 6) is 1.78. The van der Waals surface area contributed by atoms with E-state index < -0.39 is 5.97 Å². The molecule has 6 heteroatoms. The summed E-state index contributed by atoms with van der Waals surface area (Å²) in [5, 5.41) is 14.2. The smallest absolute Gasteiger partial charge is 0.305 e. The van der Waals surface area contributed by atoms with Gasteiger partial charge in [0.15, 0.2) is 0 Å². The molecule has 0 unspecified atom stereocenters. The Morgan fingerprint density at radius 2 is 1.52 bits per heavy atom. The van der Waals surface area contributed by atoms with Gasteiger partial charge in [0.05, 0.1) is 6.42 Å². The molecule has 1 aromatic rings. The number of aliphatic carboxylic acids is 1. The highest BCUT2D eigenvalue weighted by Gasteiger charge is 2.50. The molecule has 6 nitrogen and oxygen atoms in total. The molecule has 27 heavy (non-hydrogen) atoms. The zero-order valence-corrected chi connectivity index (χ0v) is 15.3. The van der Waals surface area contributed by atoms with E-state index in [1.54, 1.807) is 24.3 Å². The first-order valence-corrected chi connectivity index (χ1v) is 9.90. The Bertz CT molecular complexity index is 715. The molecule has 0 aromatic heterocycles. The van der Waals surface area contributed by atoms with Crippen molar-refractivity contribution in [3.8, 4) is 0 Å². The summed E-state index contributed by atoms with van der Waals surface area (Å²) < 4.78 is 0. The maximum Gasteiger partial charge on any atom is 0.305 e. The highest BCUT2D eigenvalue weighted by atomic mass is 16.4. The summed E-state index contributed by atoms with van der Waals surface area (Å²) in [5.41, 5.74) is 1.16. The van der Waals surface area contributed by atoms with Crippen molar-refractivity contribution in [3.63, 3.8) is 0 Å². The normalized spacial score (nSPS) is 30.7. The van der Waals surface area contributed by atoms with Gasteiger partial charge in [-0.3, -0.25) is 14.4 Å². The number of carbonyl (C=O) groups excluding carboxylic acids is 2. The standard InChI is InChI=1S/C21H26N2O4/c24-18(25)5-6-22-20(26)14-1-3-17(4-2-14)23-21(27)19-15-8-12-7-13(10-15)11-16(19)9-12/h1-4,12-13,15-16,19H,5-11H2,(H,22,26)(H,23,27)(H,24,25). The molecule has 0 atom stereocenters. The van der Waals surface area contributed by atoms with E-state index in [9.17, 15) is 14.4 Å². The van der Waals surface area contributed by atoms with Crippen molar-refractivity contribution < 1.29 is 19.5 Å². The van der Waals surface area contributed by atoms with Crippen molar-refractivity contribution in [2.75, 3.05) is 11.9 Å². The molecule has 1 aromatic carbocycles. The molecule has 144 valence electrons. The van der Waals surface area contributed by atoms with E-state index in [-0.39, 0.29) is 30.7 Å². The Morgan fingerprint density at radius 1 is 0.926 bits per heavy atom. The summed E-state index contributed by atoms with van der Waals surface area (Å²) in [7, 11) is 0. The van der Waals surface area contributed by atoms with Gasteiger partial charge in [-0.25, -0.2) is 0 Å². The maximum absolute atomic E-state index is 12.9. The molecular weight excluding hydrogens is 344 g/mol. The highest BCUT2D eigenvalue weighted by molar-refractivity contribution is 5.96. The predicted molar refractivity (Wildman–Crippen MR) is 100 cm³/mol. The Kier molecular flexibility index (Phi) is 4.89. The number of hydrogen-bond acceptors (Lipinski definition) is 3.